The van der Waals surface area contributed by atoms with E-state index in [0.717, 1.165) is 37.5 Å². The fourth-order valence-corrected chi connectivity index (χ4v) is 1.18. The van der Waals surface area contributed by atoms with Gasteiger partial charge in [0.25, 0.3) is 0 Å². The van der Waals surface area contributed by atoms with E-state index >= 15 is 0 Å². The van der Waals surface area contributed by atoms with Crippen molar-refractivity contribution in [1.29, 1.82) is 0 Å². The van der Waals surface area contributed by atoms with Crippen LogP contribution in [0.15, 0.2) is 24.5 Å². The van der Waals surface area contributed by atoms with E-state index < -0.39 is 0 Å². The van der Waals surface area contributed by atoms with Gasteiger partial charge in [0.15, 0.2) is 0 Å². The van der Waals surface area contributed by atoms with Gasteiger partial charge in [0.05, 0.1) is 12.8 Å². The SMILES string of the molecule is ClCCCCCOc1cccnc1. The Labute approximate surface area is 83.9 Å². The molecule has 0 amide bonds. The lowest BCUT2D eigenvalue weighted by molar-refractivity contribution is 0.305. The van der Waals surface area contributed by atoms with Crippen LogP contribution in [0.25, 0.3) is 0 Å². The second kappa shape index (κ2) is 6.72. The summed E-state index contributed by atoms with van der Waals surface area (Å²) in [6.45, 7) is 0.753. The average molecular weight is 200 g/mol. The average Bonchev–Trinajstić information content (AvgIpc) is 2.19. The molecule has 0 N–H and O–H groups in total. The summed E-state index contributed by atoms with van der Waals surface area (Å²) in [4.78, 5) is 3.95. The van der Waals surface area contributed by atoms with E-state index in [1.54, 1.807) is 12.4 Å². The van der Waals surface area contributed by atoms with Gasteiger partial charge in [-0.25, -0.2) is 0 Å². The molecule has 0 aromatic carbocycles. The molecule has 1 aromatic rings. The third-order valence-electron chi connectivity index (χ3n) is 1.68. The third kappa shape index (κ3) is 4.73. The number of ether oxygens (including phenoxy) is 1. The number of unbranched alkanes of at least 4 members (excludes halogenated alkanes) is 2. The third-order valence-corrected chi connectivity index (χ3v) is 1.95. The molecule has 1 aromatic heterocycles. The predicted molar refractivity (Wildman–Crippen MR) is 54.3 cm³/mol. The van der Waals surface area contributed by atoms with Crippen LogP contribution < -0.4 is 4.74 Å². The maximum absolute atomic E-state index is 5.55. The van der Waals surface area contributed by atoms with Gasteiger partial charge in [-0.1, -0.05) is 0 Å². The molecular formula is C10H14ClNO. The first-order chi connectivity index (χ1) is 6.43. The number of pyridine rings is 1. The summed E-state index contributed by atoms with van der Waals surface area (Å²) in [6.07, 6.45) is 6.71. The van der Waals surface area contributed by atoms with Gasteiger partial charge in [0.2, 0.25) is 0 Å². The Morgan fingerprint density at radius 1 is 1.31 bits per heavy atom. The number of halogens is 1. The molecule has 0 saturated carbocycles. The minimum absolute atomic E-state index is 0.743. The van der Waals surface area contributed by atoms with Crippen LogP contribution in [-0.4, -0.2) is 17.5 Å². The number of alkyl halides is 1. The Morgan fingerprint density at radius 2 is 2.23 bits per heavy atom. The molecule has 3 heteroatoms. The highest BCUT2D eigenvalue weighted by molar-refractivity contribution is 6.17. The molecule has 0 unspecified atom stereocenters. The molecule has 0 radical (unpaired) electrons. The standard InChI is InChI=1S/C10H14ClNO/c11-6-2-1-3-8-13-10-5-4-7-12-9-10/h4-5,7,9H,1-3,6,8H2. The van der Waals surface area contributed by atoms with Crippen molar-refractivity contribution < 1.29 is 4.74 Å². The number of rotatable bonds is 6. The monoisotopic (exact) mass is 199 g/mol. The number of nitrogens with zero attached hydrogens (tertiary/aromatic N) is 1. The molecule has 0 bridgehead atoms. The minimum Gasteiger partial charge on any atom is -0.492 e. The topological polar surface area (TPSA) is 22.1 Å². The fourth-order valence-electron chi connectivity index (χ4n) is 0.996. The molecule has 72 valence electrons. The van der Waals surface area contributed by atoms with Crippen molar-refractivity contribution in [2.75, 3.05) is 12.5 Å². The van der Waals surface area contributed by atoms with Crippen LogP contribution in [0, 0.1) is 0 Å². The van der Waals surface area contributed by atoms with Crippen LogP contribution in [0.5, 0.6) is 5.75 Å². The van der Waals surface area contributed by atoms with Crippen molar-refractivity contribution in [1.82, 2.24) is 4.98 Å². The van der Waals surface area contributed by atoms with Gasteiger partial charge < -0.3 is 4.74 Å². The molecule has 13 heavy (non-hydrogen) atoms. The molecule has 0 saturated heterocycles. The lowest BCUT2D eigenvalue weighted by Crippen LogP contribution is -1.97. The normalized spacial score (nSPS) is 9.92. The van der Waals surface area contributed by atoms with E-state index in [1.807, 2.05) is 12.1 Å². The Bertz CT molecular complexity index is 215. The summed E-state index contributed by atoms with van der Waals surface area (Å²) in [5.41, 5.74) is 0. The summed E-state index contributed by atoms with van der Waals surface area (Å²) >= 11 is 5.55. The summed E-state index contributed by atoms with van der Waals surface area (Å²) in [5.74, 6) is 1.58. The molecule has 0 atom stereocenters. The van der Waals surface area contributed by atoms with Crippen molar-refractivity contribution in [2.45, 2.75) is 19.3 Å². The van der Waals surface area contributed by atoms with Crippen molar-refractivity contribution in [3.8, 4) is 5.75 Å². The minimum atomic E-state index is 0.743. The summed E-state index contributed by atoms with van der Waals surface area (Å²) in [6, 6.07) is 3.78. The Kier molecular flexibility index (Phi) is 5.34. The van der Waals surface area contributed by atoms with Gasteiger partial charge in [0, 0.05) is 12.1 Å². The lowest BCUT2D eigenvalue weighted by atomic mass is 10.3. The fraction of sp³-hybridized carbons (Fsp3) is 0.500. The molecule has 0 spiro atoms. The first-order valence-corrected chi connectivity index (χ1v) is 5.05. The largest absolute Gasteiger partial charge is 0.492 e. The zero-order valence-corrected chi connectivity index (χ0v) is 8.33. The van der Waals surface area contributed by atoms with Gasteiger partial charge in [0.1, 0.15) is 5.75 Å². The van der Waals surface area contributed by atoms with E-state index in [9.17, 15) is 0 Å². The summed E-state index contributed by atoms with van der Waals surface area (Å²) in [7, 11) is 0. The van der Waals surface area contributed by atoms with Gasteiger partial charge in [-0.15, -0.1) is 11.6 Å². The lowest BCUT2D eigenvalue weighted by Gasteiger charge is -2.03. The van der Waals surface area contributed by atoms with Crippen LogP contribution in [0.2, 0.25) is 0 Å². The Hall–Kier alpha value is -0.760. The number of hydrogen-bond donors (Lipinski definition) is 0. The van der Waals surface area contributed by atoms with E-state index in [-0.39, 0.29) is 0 Å². The zero-order valence-electron chi connectivity index (χ0n) is 7.58. The first kappa shape index (κ1) is 10.3. The Morgan fingerprint density at radius 3 is 2.92 bits per heavy atom. The van der Waals surface area contributed by atoms with Crippen molar-refractivity contribution in [3.63, 3.8) is 0 Å². The van der Waals surface area contributed by atoms with Gasteiger partial charge >= 0.3 is 0 Å². The second-order valence-electron chi connectivity index (χ2n) is 2.79. The van der Waals surface area contributed by atoms with Crippen molar-refractivity contribution >= 4 is 11.6 Å². The predicted octanol–water partition coefficient (Wildman–Crippen LogP) is 2.87. The van der Waals surface area contributed by atoms with Crippen LogP contribution >= 0.6 is 11.6 Å². The second-order valence-corrected chi connectivity index (χ2v) is 3.16. The van der Waals surface area contributed by atoms with Gasteiger partial charge in [-0.05, 0) is 31.4 Å². The molecular weight excluding hydrogens is 186 g/mol. The van der Waals surface area contributed by atoms with Crippen LogP contribution in [-0.2, 0) is 0 Å². The molecule has 1 heterocycles. The van der Waals surface area contributed by atoms with Gasteiger partial charge in [-0.3, -0.25) is 4.98 Å². The summed E-state index contributed by atoms with van der Waals surface area (Å²) < 4.78 is 5.45. The highest BCUT2D eigenvalue weighted by atomic mass is 35.5. The van der Waals surface area contributed by atoms with Crippen LogP contribution in [0.1, 0.15) is 19.3 Å². The molecule has 0 aliphatic heterocycles. The van der Waals surface area contributed by atoms with Gasteiger partial charge in [-0.2, -0.15) is 0 Å². The van der Waals surface area contributed by atoms with E-state index in [4.69, 9.17) is 16.3 Å². The molecule has 0 aliphatic rings. The van der Waals surface area contributed by atoms with E-state index in [1.165, 1.54) is 0 Å². The smallest absolute Gasteiger partial charge is 0.137 e. The Balaban J connectivity index is 2.07. The van der Waals surface area contributed by atoms with Crippen LogP contribution in [0.3, 0.4) is 0 Å². The van der Waals surface area contributed by atoms with Crippen molar-refractivity contribution in [3.05, 3.63) is 24.5 Å². The molecule has 0 aliphatic carbocycles. The summed E-state index contributed by atoms with van der Waals surface area (Å²) in [5, 5.41) is 0. The maximum atomic E-state index is 5.55. The molecule has 1 rings (SSSR count). The highest BCUT2D eigenvalue weighted by Crippen LogP contribution is 2.07. The highest BCUT2D eigenvalue weighted by Gasteiger charge is 1.91. The zero-order chi connectivity index (χ0) is 9.36. The quantitative estimate of drug-likeness (QED) is 0.519. The first-order valence-electron chi connectivity index (χ1n) is 4.52. The number of hydrogen-bond acceptors (Lipinski definition) is 2. The molecule has 0 fully saturated rings. The van der Waals surface area contributed by atoms with E-state index in [0.29, 0.717) is 0 Å². The van der Waals surface area contributed by atoms with Crippen LogP contribution in [0.4, 0.5) is 0 Å². The number of aromatic nitrogens is 1. The maximum Gasteiger partial charge on any atom is 0.137 e. The molecule has 2 nitrogen and oxygen atoms in total. The van der Waals surface area contributed by atoms with Crippen molar-refractivity contribution in [2.24, 2.45) is 0 Å². The van der Waals surface area contributed by atoms with E-state index in [2.05, 4.69) is 4.98 Å².